The predicted octanol–water partition coefficient (Wildman–Crippen LogP) is 2.75. The number of rotatable bonds is 5. The third-order valence-electron chi connectivity index (χ3n) is 3.93. The van der Waals surface area contributed by atoms with E-state index in [2.05, 4.69) is 15.5 Å². The summed E-state index contributed by atoms with van der Waals surface area (Å²) in [5, 5.41) is 12.4. The van der Waals surface area contributed by atoms with E-state index < -0.39 is 5.92 Å². The van der Waals surface area contributed by atoms with Crippen molar-refractivity contribution in [3.05, 3.63) is 28.2 Å². The lowest BCUT2D eigenvalue weighted by atomic mass is 10.1. The monoisotopic (exact) mass is 380 g/mol. The maximum Gasteiger partial charge on any atom is 0.231 e. The second-order valence-electron chi connectivity index (χ2n) is 5.57. The summed E-state index contributed by atoms with van der Waals surface area (Å²) in [6.07, 6.45) is 0.888. The van der Waals surface area contributed by atoms with E-state index in [1.807, 2.05) is 6.92 Å². The predicted molar refractivity (Wildman–Crippen MR) is 96.4 cm³/mol. The zero-order valence-electron chi connectivity index (χ0n) is 13.8. The van der Waals surface area contributed by atoms with Crippen molar-refractivity contribution in [3.8, 4) is 5.75 Å². The molecule has 0 unspecified atom stereocenters. The molecule has 1 atom stereocenters. The van der Waals surface area contributed by atoms with Crippen LogP contribution in [0.2, 0.25) is 5.02 Å². The van der Waals surface area contributed by atoms with Gasteiger partial charge in [-0.2, -0.15) is 0 Å². The Kier molecular flexibility index (Phi) is 5.19. The minimum atomic E-state index is -0.467. The second kappa shape index (κ2) is 7.37. The first-order valence-electron chi connectivity index (χ1n) is 7.79. The van der Waals surface area contributed by atoms with Gasteiger partial charge in [0.15, 0.2) is 0 Å². The molecule has 0 saturated carbocycles. The van der Waals surface area contributed by atoms with E-state index in [4.69, 9.17) is 16.3 Å². The molecule has 1 aliphatic heterocycles. The molecule has 1 aromatic heterocycles. The van der Waals surface area contributed by atoms with E-state index >= 15 is 0 Å². The van der Waals surface area contributed by atoms with Crippen LogP contribution < -0.4 is 15.0 Å². The molecule has 2 heterocycles. The Morgan fingerprint density at radius 3 is 2.96 bits per heavy atom. The van der Waals surface area contributed by atoms with Gasteiger partial charge in [0.25, 0.3) is 0 Å². The second-order valence-corrected chi connectivity index (χ2v) is 7.06. The normalized spacial score (nSPS) is 17.0. The average Bonchev–Trinajstić information content (AvgIpc) is 3.21. The lowest BCUT2D eigenvalue weighted by Crippen LogP contribution is -2.28. The number of hydrogen-bond acceptors (Lipinski definition) is 6. The molecule has 1 N–H and O–H groups in total. The summed E-state index contributed by atoms with van der Waals surface area (Å²) in [6, 6.07) is 5.05. The van der Waals surface area contributed by atoms with Gasteiger partial charge in [0.2, 0.25) is 16.9 Å². The number of nitrogens with zero attached hydrogens (tertiary/aromatic N) is 3. The molecule has 1 aromatic carbocycles. The Morgan fingerprint density at radius 2 is 2.28 bits per heavy atom. The van der Waals surface area contributed by atoms with Gasteiger partial charge in [-0.1, -0.05) is 29.9 Å². The van der Waals surface area contributed by atoms with Gasteiger partial charge >= 0.3 is 0 Å². The molecular weight excluding hydrogens is 364 g/mol. The maximum atomic E-state index is 12.4. The van der Waals surface area contributed by atoms with Gasteiger partial charge < -0.3 is 15.0 Å². The highest BCUT2D eigenvalue weighted by atomic mass is 35.5. The molecule has 2 amide bonds. The van der Waals surface area contributed by atoms with Crippen LogP contribution in [0.5, 0.6) is 5.75 Å². The third kappa shape index (κ3) is 3.74. The van der Waals surface area contributed by atoms with Crippen LogP contribution in [0, 0.1) is 5.92 Å². The Balaban J connectivity index is 1.74. The number of anilines is 2. The van der Waals surface area contributed by atoms with E-state index in [1.54, 1.807) is 18.2 Å². The summed E-state index contributed by atoms with van der Waals surface area (Å²) in [5.74, 6) is -0.316. The lowest BCUT2D eigenvalue weighted by Gasteiger charge is -2.19. The number of hydrogen-bond donors (Lipinski definition) is 1. The Bertz CT molecular complexity index is 810. The van der Waals surface area contributed by atoms with Gasteiger partial charge in [0, 0.05) is 18.0 Å². The van der Waals surface area contributed by atoms with Crippen LogP contribution in [0.3, 0.4) is 0 Å². The smallest absolute Gasteiger partial charge is 0.231 e. The van der Waals surface area contributed by atoms with Gasteiger partial charge in [0.05, 0.1) is 18.7 Å². The van der Waals surface area contributed by atoms with Crippen molar-refractivity contribution in [2.75, 3.05) is 23.9 Å². The van der Waals surface area contributed by atoms with Crippen molar-refractivity contribution in [3.63, 3.8) is 0 Å². The van der Waals surface area contributed by atoms with Crippen LogP contribution in [-0.4, -0.2) is 35.7 Å². The molecule has 0 bridgehead atoms. The summed E-state index contributed by atoms with van der Waals surface area (Å²) in [4.78, 5) is 26.4. The first-order chi connectivity index (χ1) is 12.0. The molecule has 0 spiro atoms. The molecule has 2 aromatic rings. The van der Waals surface area contributed by atoms with Gasteiger partial charge in [-0.25, -0.2) is 0 Å². The number of halogens is 1. The first kappa shape index (κ1) is 17.6. The van der Waals surface area contributed by atoms with Crippen molar-refractivity contribution in [1.29, 1.82) is 0 Å². The molecule has 25 heavy (non-hydrogen) atoms. The van der Waals surface area contributed by atoms with Gasteiger partial charge in [-0.3, -0.25) is 9.59 Å². The van der Waals surface area contributed by atoms with E-state index in [9.17, 15) is 9.59 Å². The molecule has 9 heteroatoms. The molecular formula is C16H17ClN4O3S. The lowest BCUT2D eigenvalue weighted by molar-refractivity contribution is -0.122. The minimum Gasteiger partial charge on any atom is -0.495 e. The van der Waals surface area contributed by atoms with Gasteiger partial charge in [-0.05, 0) is 24.6 Å². The van der Waals surface area contributed by atoms with Crippen LogP contribution >= 0.6 is 22.9 Å². The quantitative estimate of drug-likeness (QED) is 0.862. The van der Waals surface area contributed by atoms with Crippen LogP contribution in [0.1, 0.15) is 18.4 Å². The number of carbonyl (C=O) groups excluding carboxylic acids is 2. The van der Waals surface area contributed by atoms with Crippen molar-refractivity contribution in [1.82, 2.24) is 10.2 Å². The molecule has 132 valence electrons. The number of nitrogens with one attached hydrogen (secondary N) is 1. The van der Waals surface area contributed by atoms with E-state index in [0.717, 1.165) is 11.4 Å². The first-order valence-corrected chi connectivity index (χ1v) is 8.98. The summed E-state index contributed by atoms with van der Waals surface area (Å²) >= 11 is 7.37. The molecule has 1 fully saturated rings. The number of amides is 2. The molecule has 1 saturated heterocycles. The number of aryl methyl sites for hydroxylation is 1. The maximum absolute atomic E-state index is 12.4. The Hall–Kier alpha value is -2.19. The third-order valence-corrected chi connectivity index (χ3v) is 5.15. The molecule has 1 aliphatic rings. The topological polar surface area (TPSA) is 84.4 Å². The van der Waals surface area contributed by atoms with E-state index in [-0.39, 0.29) is 24.8 Å². The fourth-order valence-corrected chi connectivity index (χ4v) is 3.49. The number of methoxy groups -OCH3 is 1. The van der Waals surface area contributed by atoms with E-state index in [1.165, 1.54) is 23.3 Å². The number of aromatic nitrogens is 2. The fraction of sp³-hybridized carbons (Fsp3) is 0.375. The highest BCUT2D eigenvalue weighted by molar-refractivity contribution is 7.15. The Labute approximate surface area is 153 Å². The molecule has 7 nitrogen and oxygen atoms in total. The number of ether oxygens (including phenoxy) is 1. The van der Waals surface area contributed by atoms with Gasteiger partial charge in [0.1, 0.15) is 10.8 Å². The highest BCUT2D eigenvalue weighted by Gasteiger charge is 2.36. The van der Waals surface area contributed by atoms with Crippen LogP contribution in [0.15, 0.2) is 18.2 Å². The van der Waals surface area contributed by atoms with Crippen LogP contribution in [0.25, 0.3) is 0 Å². The number of carbonyl (C=O) groups is 2. The standard InChI is InChI=1S/C16H17ClN4O3S/c1-3-13-19-20-16(25-13)18-15(23)9-6-14(22)21(8-9)11-7-10(17)4-5-12(11)24-2/h4-5,7,9H,3,6,8H2,1-2H3,(H,18,20,23)/t9-/m1/s1. The van der Waals surface area contributed by atoms with E-state index in [0.29, 0.717) is 21.6 Å². The van der Waals surface area contributed by atoms with Crippen LogP contribution in [-0.2, 0) is 16.0 Å². The summed E-state index contributed by atoms with van der Waals surface area (Å²) in [5.41, 5.74) is 0.569. The number of benzene rings is 1. The summed E-state index contributed by atoms with van der Waals surface area (Å²) in [6.45, 7) is 2.23. The summed E-state index contributed by atoms with van der Waals surface area (Å²) in [7, 11) is 1.53. The zero-order valence-corrected chi connectivity index (χ0v) is 15.4. The minimum absolute atomic E-state index is 0.126. The van der Waals surface area contributed by atoms with Crippen molar-refractivity contribution >= 4 is 45.6 Å². The fourth-order valence-electron chi connectivity index (χ4n) is 2.64. The molecule has 3 rings (SSSR count). The van der Waals surface area contributed by atoms with Crippen molar-refractivity contribution in [2.24, 2.45) is 5.92 Å². The van der Waals surface area contributed by atoms with Gasteiger partial charge in [-0.15, -0.1) is 10.2 Å². The Morgan fingerprint density at radius 1 is 1.48 bits per heavy atom. The average molecular weight is 381 g/mol. The van der Waals surface area contributed by atoms with Crippen LogP contribution in [0.4, 0.5) is 10.8 Å². The van der Waals surface area contributed by atoms with Crippen molar-refractivity contribution in [2.45, 2.75) is 19.8 Å². The molecule has 0 radical (unpaired) electrons. The molecule has 0 aliphatic carbocycles. The highest BCUT2D eigenvalue weighted by Crippen LogP contribution is 2.35. The largest absolute Gasteiger partial charge is 0.495 e. The summed E-state index contributed by atoms with van der Waals surface area (Å²) < 4.78 is 5.30. The SMILES string of the molecule is CCc1nnc(NC(=O)[C@@H]2CC(=O)N(c3cc(Cl)ccc3OC)C2)s1. The van der Waals surface area contributed by atoms with Crippen molar-refractivity contribution < 1.29 is 14.3 Å². The zero-order chi connectivity index (χ0) is 18.0.